The molecule has 1 aliphatic carbocycles. The van der Waals surface area contributed by atoms with Gasteiger partial charge in [0.25, 0.3) is 0 Å². The SMILES string of the molecule is CN=C(NCc1ccccc1OCc1ccccc1)NC1CC=CC1.I. The number of halogens is 1. The van der Waals surface area contributed by atoms with Gasteiger partial charge >= 0.3 is 0 Å². The molecule has 0 aromatic heterocycles. The highest BCUT2D eigenvalue weighted by molar-refractivity contribution is 14.0. The molecule has 0 fully saturated rings. The summed E-state index contributed by atoms with van der Waals surface area (Å²) in [6.45, 7) is 1.24. The van der Waals surface area contributed by atoms with Crippen LogP contribution in [0, 0.1) is 0 Å². The Morgan fingerprint density at radius 1 is 1.04 bits per heavy atom. The van der Waals surface area contributed by atoms with Crippen LogP contribution in [0.4, 0.5) is 0 Å². The number of benzene rings is 2. The number of guanidine groups is 1. The number of para-hydroxylation sites is 1. The minimum atomic E-state index is 0. The van der Waals surface area contributed by atoms with E-state index in [-0.39, 0.29) is 24.0 Å². The summed E-state index contributed by atoms with van der Waals surface area (Å²) in [6.07, 6.45) is 6.52. The molecule has 26 heavy (non-hydrogen) atoms. The normalized spacial score (nSPS) is 14.0. The predicted octanol–water partition coefficient (Wildman–Crippen LogP) is 4.27. The smallest absolute Gasteiger partial charge is 0.191 e. The summed E-state index contributed by atoms with van der Waals surface area (Å²) in [5, 5.41) is 6.83. The second kappa shape index (κ2) is 10.9. The summed E-state index contributed by atoms with van der Waals surface area (Å²) in [5.41, 5.74) is 2.28. The Hall–Kier alpha value is -2.02. The highest BCUT2D eigenvalue weighted by atomic mass is 127. The van der Waals surface area contributed by atoms with Gasteiger partial charge < -0.3 is 15.4 Å². The fraction of sp³-hybridized carbons (Fsp3) is 0.286. The van der Waals surface area contributed by atoms with Gasteiger partial charge in [0.1, 0.15) is 12.4 Å². The van der Waals surface area contributed by atoms with Crippen LogP contribution in [0.25, 0.3) is 0 Å². The molecule has 0 atom stereocenters. The van der Waals surface area contributed by atoms with Crippen molar-refractivity contribution in [3.8, 4) is 5.75 Å². The molecular weight excluding hydrogens is 437 g/mol. The molecule has 0 aliphatic heterocycles. The number of rotatable bonds is 6. The molecule has 2 N–H and O–H groups in total. The number of aliphatic imine (C=N–C) groups is 1. The third-order valence-electron chi connectivity index (χ3n) is 4.23. The standard InChI is InChI=1S/C21H25N3O.HI/c1-22-21(24-19-12-6-7-13-19)23-15-18-11-5-8-14-20(18)25-16-17-9-3-2-4-10-17;/h2-11,14,19H,12-13,15-16H2,1H3,(H2,22,23,24);1H. The van der Waals surface area contributed by atoms with Crippen LogP contribution in [-0.2, 0) is 13.2 Å². The Morgan fingerprint density at radius 2 is 1.73 bits per heavy atom. The molecule has 2 aromatic carbocycles. The molecule has 0 spiro atoms. The van der Waals surface area contributed by atoms with Crippen LogP contribution in [-0.4, -0.2) is 19.0 Å². The van der Waals surface area contributed by atoms with Crippen LogP contribution in [0.1, 0.15) is 24.0 Å². The molecule has 3 rings (SSSR count). The van der Waals surface area contributed by atoms with E-state index in [0.29, 0.717) is 19.2 Å². The minimum absolute atomic E-state index is 0. The molecule has 0 unspecified atom stereocenters. The van der Waals surface area contributed by atoms with Crippen molar-refractivity contribution in [2.75, 3.05) is 7.05 Å². The molecule has 5 heteroatoms. The molecule has 0 bridgehead atoms. The zero-order valence-corrected chi connectivity index (χ0v) is 17.4. The third kappa shape index (κ3) is 6.05. The molecule has 2 aromatic rings. The Balaban J connectivity index is 0.00000243. The largest absolute Gasteiger partial charge is 0.489 e. The first-order valence-electron chi connectivity index (χ1n) is 8.72. The molecule has 0 radical (unpaired) electrons. The quantitative estimate of drug-likeness (QED) is 0.291. The second-order valence-electron chi connectivity index (χ2n) is 6.09. The van der Waals surface area contributed by atoms with E-state index in [4.69, 9.17) is 4.74 Å². The summed E-state index contributed by atoms with van der Waals surface area (Å²) < 4.78 is 6.01. The van der Waals surface area contributed by atoms with Gasteiger partial charge in [-0.1, -0.05) is 60.7 Å². The zero-order chi connectivity index (χ0) is 17.3. The van der Waals surface area contributed by atoms with Crippen molar-refractivity contribution in [1.29, 1.82) is 0 Å². The third-order valence-corrected chi connectivity index (χ3v) is 4.23. The second-order valence-corrected chi connectivity index (χ2v) is 6.09. The van der Waals surface area contributed by atoms with Crippen molar-refractivity contribution in [1.82, 2.24) is 10.6 Å². The average molecular weight is 463 g/mol. The maximum Gasteiger partial charge on any atom is 0.191 e. The summed E-state index contributed by atoms with van der Waals surface area (Å²) in [5.74, 6) is 1.73. The summed E-state index contributed by atoms with van der Waals surface area (Å²) in [7, 11) is 1.80. The molecule has 0 amide bonds. The molecule has 138 valence electrons. The van der Waals surface area contributed by atoms with E-state index in [0.717, 1.165) is 35.7 Å². The summed E-state index contributed by atoms with van der Waals surface area (Å²) >= 11 is 0. The zero-order valence-electron chi connectivity index (χ0n) is 15.0. The van der Waals surface area contributed by atoms with Crippen LogP contribution >= 0.6 is 24.0 Å². The van der Waals surface area contributed by atoms with E-state index in [1.807, 2.05) is 36.4 Å². The lowest BCUT2D eigenvalue weighted by Crippen LogP contribution is -2.42. The van der Waals surface area contributed by atoms with Gasteiger partial charge in [-0.25, -0.2) is 0 Å². The number of nitrogens with one attached hydrogen (secondary N) is 2. The van der Waals surface area contributed by atoms with Gasteiger partial charge in [-0.2, -0.15) is 0 Å². The van der Waals surface area contributed by atoms with Crippen LogP contribution in [0.15, 0.2) is 71.7 Å². The molecule has 4 nitrogen and oxygen atoms in total. The van der Waals surface area contributed by atoms with Gasteiger partial charge in [-0.15, -0.1) is 24.0 Å². The average Bonchev–Trinajstić information content (AvgIpc) is 3.18. The Bertz CT molecular complexity index is 723. The molecule has 0 saturated carbocycles. The Labute approximate surface area is 172 Å². The molecule has 1 aliphatic rings. The highest BCUT2D eigenvalue weighted by Gasteiger charge is 2.12. The van der Waals surface area contributed by atoms with E-state index < -0.39 is 0 Å². The lowest BCUT2D eigenvalue weighted by atomic mass is 10.2. The number of nitrogens with zero attached hydrogens (tertiary/aromatic N) is 1. The van der Waals surface area contributed by atoms with Crippen molar-refractivity contribution in [2.45, 2.75) is 32.0 Å². The molecule has 0 saturated heterocycles. The van der Waals surface area contributed by atoms with Gasteiger partial charge in [0.05, 0.1) is 0 Å². The van der Waals surface area contributed by atoms with Crippen LogP contribution < -0.4 is 15.4 Å². The lowest BCUT2D eigenvalue weighted by Gasteiger charge is -2.18. The van der Waals surface area contributed by atoms with Gasteiger partial charge in [0.2, 0.25) is 0 Å². The highest BCUT2D eigenvalue weighted by Crippen LogP contribution is 2.19. The molecular formula is C21H26IN3O. The first-order chi connectivity index (χ1) is 12.3. The lowest BCUT2D eigenvalue weighted by molar-refractivity contribution is 0.302. The van der Waals surface area contributed by atoms with E-state index in [2.05, 4.69) is 46.0 Å². The minimum Gasteiger partial charge on any atom is -0.489 e. The van der Waals surface area contributed by atoms with E-state index in [1.54, 1.807) is 7.05 Å². The van der Waals surface area contributed by atoms with Crippen LogP contribution in [0.3, 0.4) is 0 Å². The topological polar surface area (TPSA) is 45.7 Å². The van der Waals surface area contributed by atoms with E-state index in [1.165, 1.54) is 0 Å². The van der Waals surface area contributed by atoms with Crippen molar-refractivity contribution >= 4 is 29.9 Å². The van der Waals surface area contributed by atoms with E-state index >= 15 is 0 Å². The van der Waals surface area contributed by atoms with Crippen molar-refractivity contribution in [2.24, 2.45) is 4.99 Å². The monoisotopic (exact) mass is 463 g/mol. The Kier molecular flexibility index (Phi) is 8.47. The Morgan fingerprint density at radius 3 is 2.46 bits per heavy atom. The van der Waals surface area contributed by atoms with Gasteiger partial charge in [0, 0.05) is 25.2 Å². The van der Waals surface area contributed by atoms with Crippen molar-refractivity contribution in [3.05, 3.63) is 77.9 Å². The van der Waals surface area contributed by atoms with Crippen molar-refractivity contribution < 1.29 is 4.74 Å². The fourth-order valence-corrected chi connectivity index (χ4v) is 2.83. The maximum absolute atomic E-state index is 6.01. The van der Waals surface area contributed by atoms with Crippen LogP contribution in [0.2, 0.25) is 0 Å². The van der Waals surface area contributed by atoms with Gasteiger partial charge in [-0.05, 0) is 24.5 Å². The van der Waals surface area contributed by atoms with Gasteiger partial charge in [-0.3, -0.25) is 4.99 Å². The summed E-state index contributed by atoms with van der Waals surface area (Å²) in [4.78, 5) is 4.32. The first kappa shape index (κ1) is 20.3. The number of hydrogen-bond donors (Lipinski definition) is 2. The van der Waals surface area contributed by atoms with E-state index in [9.17, 15) is 0 Å². The fourth-order valence-electron chi connectivity index (χ4n) is 2.83. The first-order valence-corrected chi connectivity index (χ1v) is 8.72. The summed E-state index contributed by atoms with van der Waals surface area (Å²) in [6, 6.07) is 18.8. The maximum atomic E-state index is 6.01. The number of ether oxygens (including phenoxy) is 1. The predicted molar refractivity (Wildman–Crippen MR) is 118 cm³/mol. The molecule has 0 heterocycles. The van der Waals surface area contributed by atoms with Crippen LogP contribution in [0.5, 0.6) is 5.75 Å². The number of hydrogen-bond acceptors (Lipinski definition) is 2. The van der Waals surface area contributed by atoms with Crippen molar-refractivity contribution in [3.63, 3.8) is 0 Å². The van der Waals surface area contributed by atoms with Gasteiger partial charge in [0.15, 0.2) is 5.96 Å².